The average Bonchev–Trinajstić information content (AvgIpc) is 3.20. The average molecular weight is 465 g/mol. The van der Waals surface area contributed by atoms with Crippen molar-refractivity contribution in [3.63, 3.8) is 0 Å². The molecule has 0 saturated heterocycles. The summed E-state index contributed by atoms with van der Waals surface area (Å²) in [5, 5.41) is 12.1. The normalized spacial score (nSPS) is 14.0. The second-order valence-corrected chi connectivity index (χ2v) is 9.84. The van der Waals surface area contributed by atoms with E-state index in [1.54, 1.807) is 24.3 Å². The molecule has 7 nitrogen and oxygen atoms in total. The molecular formula is C21H21FNO6PS. The highest BCUT2D eigenvalue weighted by atomic mass is 32.1. The predicted molar refractivity (Wildman–Crippen MR) is 117 cm³/mol. The highest BCUT2D eigenvalue weighted by molar-refractivity contribution is 7.57. The number of nitrogens with one attached hydrogen (secondary N) is 1. The molecule has 0 radical (unpaired) electrons. The van der Waals surface area contributed by atoms with E-state index >= 15 is 4.39 Å². The van der Waals surface area contributed by atoms with Crippen molar-refractivity contribution in [1.29, 1.82) is 0 Å². The van der Waals surface area contributed by atoms with E-state index in [1.165, 1.54) is 30.3 Å². The third-order valence-corrected chi connectivity index (χ3v) is 7.30. The lowest BCUT2D eigenvalue weighted by molar-refractivity contribution is -0.142. The van der Waals surface area contributed by atoms with E-state index in [2.05, 4.69) is 5.09 Å². The summed E-state index contributed by atoms with van der Waals surface area (Å²) in [7, 11) is -4.26. The van der Waals surface area contributed by atoms with E-state index in [1.807, 2.05) is 6.92 Å². The Balaban J connectivity index is 1.89. The molecule has 2 aromatic carbocycles. The Morgan fingerprint density at radius 1 is 1.19 bits per heavy atom. The second kappa shape index (κ2) is 10.0. The highest BCUT2D eigenvalue weighted by Gasteiger charge is 2.38. The Kier molecular flexibility index (Phi) is 7.43. The highest BCUT2D eigenvalue weighted by Crippen LogP contribution is 2.57. The van der Waals surface area contributed by atoms with E-state index in [-0.39, 0.29) is 22.8 Å². The summed E-state index contributed by atoms with van der Waals surface area (Å²) in [4.78, 5) is 23.2. The molecule has 3 rings (SSSR count). The lowest BCUT2D eigenvalue weighted by atomic mass is 10.2. The molecule has 0 fully saturated rings. The summed E-state index contributed by atoms with van der Waals surface area (Å²) in [5.74, 6) is -3.69. The molecule has 0 bridgehead atoms. The standard InChI is InChI=1S/C21H21FNO6PS/c1-2-10-28-19(24)13-23-30(27,29-16-6-4-3-5-7-16)20(22)14-8-9-17-15(11-14)12-18(31-17)21(25)26/h3-9,11-12,20H,2,10,13H2,1H3,(H,23,27)(H,25,26). The molecule has 1 aromatic heterocycles. The van der Waals surface area contributed by atoms with E-state index in [4.69, 9.17) is 14.4 Å². The van der Waals surface area contributed by atoms with Crippen LogP contribution in [-0.4, -0.2) is 30.2 Å². The van der Waals surface area contributed by atoms with Crippen molar-refractivity contribution in [2.24, 2.45) is 0 Å². The Bertz CT molecular complexity index is 1120. The van der Waals surface area contributed by atoms with Gasteiger partial charge in [-0.2, -0.15) is 0 Å². The van der Waals surface area contributed by atoms with Gasteiger partial charge in [-0.05, 0) is 47.7 Å². The van der Waals surface area contributed by atoms with Crippen LogP contribution < -0.4 is 9.61 Å². The lowest BCUT2D eigenvalue weighted by Crippen LogP contribution is -2.26. The number of carboxylic acids is 1. The number of halogens is 1. The molecule has 0 aliphatic carbocycles. The van der Waals surface area contributed by atoms with Crippen molar-refractivity contribution in [1.82, 2.24) is 5.09 Å². The molecule has 10 heteroatoms. The van der Waals surface area contributed by atoms with Gasteiger partial charge in [0, 0.05) is 4.70 Å². The van der Waals surface area contributed by atoms with Gasteiger partial charge in [-0.3, -0.25) is 9.36 Å². The van der Waals surface area contributed by atoms with Crippen LogP contribution in [0.1, 0.15) is 34.5 Å². The predicted octanol–water partition coefficient (Wildman–Crippen LogP) is 5.38. The minimum absolute atomic E-state index is 0.0379. The first-order valence-corrected chi connectivity index (χ1v) is 12.0. The van der Waals surface area contributed by atoms with E-state index in [9.17, 15) is 14.2 Å². The van der Waals surface area contributed by atoms with Crippen molar-refractivity contribution in [2.45, 2.75) is 19.3 Å². The third-order valence-electron chi connectivity index (χ3n) is 4.22. The van der Waals surface area contributed by atoms with Gasteiger partial charge < -0.3 is 14.4 Å². The van der Waals surface area contributed by atoms with Gasteiger partial charge in [0.15, 0.2) is 0 Å². The number of hydrogen-bond donors (Lipinski definition) is 2. The maximum Gasteiger partial charge on any atom is 0.355 e. The van der Waals surface area contributed by atoms with E-state index in [0.717, 1.165) is 11.3 Å². The van der Waals surface area contributed by atoms with Crippen molar-refractivity contribution in [2.75, 3.05) is 13.2 Å². The lowest BCUT2D eigenvalue weighted by Gasteiger charge is -2.23. The number of fused-ring (bicyclic) bond motifs is 1. The van der Waals surface area contributed by atoms with Gasteiger partial charge in [-0.1, -0.05) is 31.2 Å². The third kappa shape index (κ3) is 5.70. The molecule has 0 saturated carbocycles. The van der Waals surface area contributed by atoms with Gasteiger partial charge in [0.05, 0.1) is 6.61 Å². The minimum atomic E-state index is -4.26. The van der Waals surface area contributed by atoms with E-state index in [0.29, 0.717) is 16.5 Å². The number of hydrogen-bond acceptors (Lipinski definition) is 6. The number of carboxylic acid groups (broad SMARTS) is 1. The maximum atomic E-state index is 15.5. The first kappa shape index (κ1) is 22.9. The van der Waals surface area contributed by atoms with Crippen molar-refractivity contribution < 1.29 is 32.9 Å². The molecule has 2 unspecified atom stereocenters. The smallest absolute Gasteiger partial charge is 0.355 e. The molecule has 2 N–H and O–H groups in total. The van der Waals surface area contributed by atoms with Crippen molar-refractivity contribution in [3.05, 3.63) is 65.0 Å². The molecule has 0 aliphatic rings. The first-order chi connectivity index (χ1) is 14.8. The summed E-state index contributed by atoms with van der Waals surface area (Å²) in [5.41, 5.74) is 0.0379. The SMILES string of the molecule is CCCOC(=O)CNP(=O)(Oc1ccccc1)C(F)c1ccc2sc(C(=O)O)cc2c1. The van der Waals surface area contributed by atoms with Crippen LogP contribution in [0, 0.1) is 0 Å². The zero-order valence-electron chi connectivity index (χ0n) is 16.6. The summed E-state index contributed by atoms with van der Waals surface area (Å²) in [6.07, 6.45) is 0.620. The molecule has 164 valence electrons. The van der Waals surface area contributed by atoms with Gasteiger partial charge in [-0.25, -0.2) is 14.3 Å². The molecule has 31 heavy (non-hydrogen) atoms. The number of benzene rings is 2. The van der Waals surface area contributed by atoms with Gasteiger partial charge in [0.25, 0.3) is 0 Å². The minimum Gasteiger partial charge on any atom is -0.477 e. The summed E-state index contributed by atoms with van der Waals surface area (Å²) in [6, 6.07) is 13.9. The molecule has 3 aromatic rings. The second-order valence-electron chi connectivity index (χ2n) is 6.61. The van der Waals surface area contributed by atoms with Gasteiger partial charge in [-0.15, -0.1) is 11.3 Å². The van der Waals surface area contributed by atoms with Crippen LogP contribution in [0.4, 0.5) is 4.39 Å². The van der Waals surface area contributed by atoms with Crippen LogP contribution in [0.3, 0.4) is 0 Å². The fraction of sp³-hybridized carbons (Fsp3) is 0.238. The zero-order chi connectivity index (χ0) is 22.4. The molecular weight excluding hydrogens is 444 g/mol. The van der Waals surface area contributed by atoms with Gasteiger partial charge in [0.1, 0.15) is 17.2 Å². The Morgan fingerprint density at radius 2 is 1.94 bits per heavy atom. The van der Waals surface area contributed by atoms with Gasteiger partial charge >= 0.3 is 19.5 Å². The number of carbonyl (C=O) groups excluding carboxylic acids is 1. The molecule has 0 spiro atoms. The number of thiophene rings is 1. The zero-order valence-corrected chi connectivity index (χ0v) is 18.3. The van der Waals surface area contributed by atoms with Gasteiger partial charge in [0.2, 0.25) is 5.91 Å². The summed E-state index contributed by atoms with van der Waals surface area (Å²) >= 11 is 1.06. The topological polar surface area (TPSA) is 102 Å². The molecule has 2 atom stereocenters. The summed E-state index contributed by atoms with van der Waals surface area (Å²) < 4.78 is 40.2. The Morgan fingerprint density at radius 3 is 2.61 bits per heavy atom. The fourth-order valence-electron chi connectivity index (χ4n) is 2.75. The monoisotopic (exact) mass is 465 g/mol. The number of rotatable bonds is 10. The molecule has 1 heterocycles. The van der Waals surface area contributed by atoms with Crippen LogP contribution in [0.2, 0.25) is 0 Å². The van der Waals surface area contributed by atoms with Crippen molar-refractivity contribution >= 4 is 40.9 Å². The maximum absolute atomic E-state index is 15.5. The number of alkyl halides is 1. The fourth-order valence-corrected chi connectivity index (χ4v) is 5.29. The van der Waals surface area contributed by atoms with Crippen LogP contribution >= 0.6 is 18.9 Å². The largest absolute Gasteiger partial charge is 0.477 e. The summed E-state index contributed by atoms with van der Waals surface area (Å²) in [6.45, 7) is 1.54. The van der Waals surface area contributed by atoms with Crippen LogP contribution in [0.5, 0.6) is 5.75 Å². The number of aromatic carboxylic acids is 1. The number of carbonyl (C=O) groups is 2. The van der Waals surface area contributed by atoms with Crippen LogP contribution in [0.15, 0.2) is 54.6 Å². The molecule has 0 aliphatic heterocycles. The van der Waals surface area contributed by atoms with E-state index < -0.39 is 31.9 Å². The number of ether oxygens (including phenoxy) is 1. The first-order valence-electron chi connectivity index (χ1n) is 9.48. The molecule has 0 amide bonds. The quantitative estimate of drug-likeness (QED) is 0.306. The van der Waals surface area contributed by atoms with Crippen LogP contribution in [-0.2, 0) is 14.1 Å². The Labute approximate surface area is 182 Å². The van der Waals surface area contributed by atoms with Crippen molar-refractivity contribution in [3.8, 4) is 5.75 Å². The van der Waals surface area contributed by atoms with Crippen LogP contribution in [0.25, 0.3) is 10.1 Å². The number of para-hydroxylation sites is 1. The number of esters is 1. The Hall–Kier alpha value is -2.74.